The van der Waals surface area contributed by atoms with Gasteiger partial charge < -0.3 is 23.7 Å². The van der Waals surface area contributed by atoms with Gasteiger partial charge in [-0.1, -0.05) is 5.16 Å². The normalized spacial score (nSPS) is 10.8. The van der Waals surface area contributed by atoms with E-state index in [9.17, 15) is 4.79 Å². The van der Waals surface area contributed by atoms with Crippen molar-refractivity contribution in [3.8, 4) is 34.3 Å². The number of hydrogen-bond donors (Lipinski definition) is 1. The molecule has 32 heavy (non-hydrogen) atoms. The number of carbonyl (C=O) groups excluding carboxylic acids is 1. The van der Waals surface area contributed by atoms with Gasteiger partial charge in [0.15, 0.2) is 17.3 Å². The molecule has 0 aliphatic carbocycles. The van der Waals surface area contributed by atoms with E-state index in [-0.39, 0.29) is 12.3 Å². The first-order valence-electron chi connectivity index (χ1n) is 9.88. The smallest absolute Gasteiger partial charge is 0.227 e. The standard InChI is InChI=1S/C22H22N4O5S/c1-13-24-16(12-32-13)17-7-5-15(30-17)11-23-20(27)8-9-21-25-22(26-31-21)14-4-6-18(28-2)19(10-14)29-3/h4-7,10,12H,8-9,11H2,1-3H3,(H,23,27). The molecule has 3 aromatic heterocycles. The van der Waals surface area contributed by atoms with E-state index < -0.39 is 0 Å². The molecule has 0 atom stereocenters. The van der Waals surface area contributed by atoms with Crippen LogP contribution in [0.4, 0.5) is 0 Å². The number of rotatable bonds is 9. The van der Waals surface area contributed by atoms with Crippen LogP contribution in [0.1, 0.15) is 23.1 Å². The number of aromatic nitrogens is 3. The average Bonchev–Trinajstić information content (AvgIpc) is 3.56. The molecule has 0 radical (unpaired) electrons. The van der Waals surface area contributed by atoms with Gasteiger partial charge in [0.05, 0.1) is 25.8 Å². The van der Waals surface area contributed by atoms with E-state index in [0.717, 1.165) is 16.3 Å². The van der Waals surface area contributed by atoms with Gasteiger partial charge in [-0.3, -0.25) is 4.79 Å². The highest BCUT2D eigenvalue weighted by Crippen LogP contribution is 2.31. The van der Waals surface area contributed by atoms with Crippen LogP contribution < -0.4 is 14.8 Å². The van der Waals surface area contributed by atoms with Crippen LogP contribution in [0.2, 0.25) is 0 Å². The molecule has 9 nitrogen and oxygen atoms in total. The third kappa shape index (κ3) is 4.97. The zero-order valence-corrected chi connectivity index (χ0v) is 18.7. The van der Waals surface area contributed by atoms with Crippen molar-refractivity contribution in [3.63, 3.8) is 0 Å². The molecule has 4 rings (SSSR count). The van der Waals surface area contributed by atoms with E-state index in [1.165, 1.54) is 0 Å². The second-order valence-corrected chi connectivity index (χ2v) is 7.94. The Morgan fingerprint density at radius 2 is 1.97 bits per heavy atom. The molecule has 0 bridgehead atoms. The van der Waals surface area contributed by atoms with Gasteiger partial charge in [-0.2, -0.15) is 4.98 Å². The van der Waals surface area contributed by atoms with E-state index in [4.69, 9.17) is 18.4 Å². The largest absolute Gasteiger partial charge is 0.493 e. The second kappa shape index (κ2) is 9.65. The van der Waals surface area contributed by atoms with Crippen molar-refractivity contribution >= 4 is 17.2 Å². The van der Waals surface area contributed by atoms with Crippen molar-refractivity contribution in [1.82, 2.24) is 20.4 Å². The van der Waals surface area contributed by atoms with Gasteiger partial charge in [0.2, 0.25) is 17.6 Å². The molecule has 4 aromatic rings. The van der Waals surface area contributed by atoms with Crippen LogP contribution in [0.15, 0.2) is 44.7 Å². The van der Waals surface area contributed by atoms with Gasteiger partial charge in [0.25, 0.3) is 0 Å². The van der Waals surface area contributed by atoms with Crippen molar-refractivity contribution in [2.24, 2.45) is 0 Å². The summed E-state index contributed by atoms with van der Waals surface area (Å²) >= 11 is 1.56. The molecular weight excluding hydrogens is 432 g/mol. The predicted molar refractivity (Wildman–Crippen MR) is 118 cm³/mol. The molecule has 0 aliphatic rings. The summed E-state index contributed by atoms with van der Waals surface area (Å²) in [4.78, 5) is 21.0. The summed E-state index contributed by atoms with van der Waals surface area (Å²) in [5.74, 6) is 3.19. The van der Waals surface area contributed by atoms with E-state index in [1.54, 1.807) is 37.7 Å². The summed E-state index contributed by atoms with van der Waals surface area (Å²) in [5.41, 5.74) is 1.53. The van der Waals surface area contributed by atoms with Gasteiger partial charge in [-0.15, -0.1) is 11.3 Å². The lowest BCUT2D eigenvalue weighted by atomic mass is 10.2. The summed E-state index contributed by atoms with van der Waals surface area (Å²) in [6.07, 6.45) is 0.542. The predicted octanol–water partition coefficient (Wildman–Crippen LogP) is 4.03. The van der Waals surface area contributed by atoms with Crippen molar-refractivity contribution in [2.45, 2.75) is 26.3 Å². The number of thiazole rings is 1. The Labute approximate surface area is 188 Å². The van der Waals surface area contributed by atoms with Gasteiger partial charge in [-0.05, 0) is 37.3 Å². The fourth-order valence-corrected chi connectivity index (χ4v) is 3.63. The van der Waals surface area contributed by atoms with Crippen molar-refractivity contribution in [1.29, 1.82) is 0 Å². The zero-order valence-electron chi connectivity index (χ0n) is 17.9. The third-order valence-electron chi connectivity index (χ3n) is 4.67. The molecule has 0 fully saturated rings. The summed E-state index contributed by atoms with van der Waals surface area (Å²) in [7, 11) is 3.13. The van der Waals surface area contributed by atoms with Crippen LogP contribution in [0.3, 0.4) is 0 Å². The Bertz CT molecular complexity index is 1210. The molecule has 1 N–H and O–H groups in total. The molecule has 0 unspecified atom stereocenters. The topological polar surface area (TPSA) is 113 Å². The fourth-order valence-electron chi connectivity index (χ4n) is 3.03. The molecule has 3 heterocycles. The van der Waals surface area contributed by atoms with Gasteiger partial charge in [-0.25, -0.2) is 4.98 Å². The number of hydrogen-bond acceptors (Lipinski definition) is 9. The lowest BCUT2D eigenvalue weighted by Gasteiger charge is -2.07. The minimum absolute atomic E-state index is 0.140. The minimum atomic E-state index is -0.140. The molecule has 0 spiro atoms. The minimum Gasteiger partial charge on any atom is -0.493 e. The van der Waals surface area contributed by atoms with Crippen LogP contribution in [0.5, 0.6) is 11.5 Å². The number of methoxy groups -OCH3 is 2. The Balaban J connectivity index is 1.29. The lowest BCUT2D eigenvalue weighted by Crippen LogP contribution is -2.22. The van der Waals surface area contributed by atoms with Crippen LogP contribution in [0.25, 0.3) is 22.8 Å². The Kier molecular flexibility index (Phi) is 6.50. The summed E-state index contributed by atoms with van der Waals surface area (Å²) in [5, 5.41) is 9.74. The Hall–Kier alpha value is -3.66. The SMILES string of the molecule is COc1ccc(-c2noc(CCC(=O)NCc3ccc(-c4csc(C)n4)o3)n2)cc1OC. The molecule has 0 saturated carbocycles. The zero-order chi connectivity index (χ0) is 22.5. The van der Waals surface area contributed by atoms with Crippen LogP contribution in [0, 0.1) is 6.92 Å². The van der Waals surface area contributed by atoms with Crippen LogP contribution >= 0.6 is 11.3 Å². The quantitative estimate of drug-likeness (QED) is 0.403. The number of nitrogens with zero attached hydrogens (tertiary/aromatic N) is 3. The van der Waals surface area contributed by atoms with Crippen LogP contribution in [-0.4, -0.2) is 35.3 Å². The highest BCUT2D eigenvalue weighted by atomic mass is 32.1. The number of furan rings is 1. The van der Waals surface area contributed by atoms with Crippen molar-refractivity contribution in [2.75, 3.05) is 14.2 Å². The van der Waals surface area contributed by atoms with E-state index in [1.807, 2.05) is 30.5 Å². The summed E-state index contributed by atoms with van der Waals surface area (Å²) < 4.78 is 21.6. The van der Waals surface area contributed by atoms with E-state index in [0.29, 0.717) is 47.7 Å². The molecule has 0 aliphatic heterocycles. The number of carbonyl (C=O) groups is 1. The third-order valence-corrected chi connectivity index (χ3v) is 5.44. The maximum absolute atomic E-state index is 12.2. The van der Waals surface area contributed by atoms with Gasteiger partial charge >= 0.3 is 0 Å². The Morgan fingerprint density at radius 1 is 1.12 bits per heavy atom. The monoisotopic (exact) mass is 454 g/mol. The molecular formula is C22H22N4O5S. The highest BCUT2D eigenvalue weighted by Gasteiger charge is 2.14. The first-order chi connectivity index (χ1) is 15.6. The first kappa shape index (κ1) is 21.6. The number of aryl methyl sites for hydroxylation is 2. The fraction of sp³-hybridized carbons (Fsp3) is 0.273. The first-order valence-corrected chi connectivity index (χ1v) is 10.8. The molecule has 1 aromatic carbocycles. The summed E-state index contributed by atoms with van der Waals surface area (Å²) in [6, 6.07) is 9.03. The summed E-state index contributed by atoms with van der Waals surface area (Å²) in [6.45, 7) is 2.24. The average molecular weight is 455 g/mol. The van der Waals surface area contributed by atoms with Gasteiger partial charge in [0, 0.05) is 23.8 Å². The number of ether oxygens (including phenoxy) is 2. The highest BCUT2D eigenvalue weighted by molar-refractivity contribution is 7.09. The number of amides is 1. The van der Waals surface area contributed by atoms with Crippen molar-refractivity contribution < 1.29 is 23.2 Å². The maximum atomic E-state index is 12.2. The van der Waals surface area contributed by atoms with E-state index >= 15 is 0 Å². The molecule has 0 saturated heterocycles. The lowest BCUT2D eigenvalue weighted by molar-refractivity contribution is -0.121. The molecule has 1 amide bonds. The molecule has 10 heteroatoms. The van der Waals surface area contributed by atoms with E-state index in [2.05, 4.69) is 20.4 Å². The Morgan fingerprint density at radius 3 is 2.72 bits per heavy atom. The van der Waals surface area contributed by atoms with Gasteiger partial charge in [0.1, 0.15) is 11.5 Å². The molecule has 166 valence electrons. The van der Waals surface area contributed by atoms with Crippen LogP contribution in [-0.2, 0) is 17.8 Å². The van der Waals surface area contributed by atoms with Crippen molar-refractivity contribution in [3.05, 3.63) is 52.4 Å². The number of benzene rings is 1. The maximum Gasteiger partial charge on any atom is 0.227 e. The number of nitrogens with one attached hydrogen (secondary N) is 1. The second-order valence-electron chi connectivity index (χ2n) is 6.88.